The first-order valence-electron chi connectivity index (χ1n) is 6.36. The second-order valence-electron chi connectivity index (χ2n) is 4.14. The molecular formula is C15H22O. The number of carbonyl (C=O) groups is 1. The van der Waals surface area contributed by atoms with Crippen molar-refractivity contribution in [1.82, 2.24) is 0 Å². The molecule has 1 nitrogen and oxygen atoms in total. The van der Waals surface area contributed by atoms with Crippen LogP contribution in [0.25, 0.3) is 0 Å². The minimum Gasteiger partial charge on any atom is -0.295 e. The van der Waals surface area contributed by atoms with Crippen molar-refractivity contribution in [3.8, 4) is 0 Å². The minimum atomic E-state index is 0.314. The van der Waals surface area contributed by atoms with E-state index >= 15 is 0 Å². The predicted molar refractivity (Wildman–Crippen MR) is 69.4 cm³/mol. The van der Waals surface area contributed by atoms with E-state index in [4.69, 9.17) is 0 Å². The van der Waals surface area contributed by atoms with Crippen LogP contribution in [0.2, 0.25) is 0 Å². The molecular weight excluding hydrogens is 196 g/mol. The molecule has 0 spiro atoms. The van der Waals surface area contributed by atoms with Crippen LogP contribution >= 0.6 is 0 Å². The van der Waals surface area contributed by atoms with E-state index in [0.717, 1.165) is 44.1 Å². The Morgan fingerprint density at radius 3 is 2.19 bits per heavy atom. The zero-order chi connectivity index (χ0) is 11.6. The Labute approximate surface area is 98.9 Å². The fraction of sp³-hybridized carbons (Fsp3) is 0.533. The van der Waals surface area contributed by atoms with Gasteiger partial charge in [-0.05, 0) is 44.1 Å². The van der Waals surface area contributed by atoms with Gasteiger partial charge in [0.15, 0.2) is 5.78 Å². The molecule has 0 radical (unpaired) electrons. The third kappa shape index (κ3) is 5.11. The lowest BCUT2D eigenvalue weighted by molar-refractivity contribution is -0.115. The number of hydrogen-bond acceptors (Lipinski definition) is 1. The van der Waals surface area contributed by atoms with Crippen LogP contribution in [0.5, 0.6) is 0 Å². The molecule has 0 aliphatic heterocycles. The summed E-state index contributed by atoms with van der Waals surface area (Å²) in [4.78, 5) is 11.7. The van der Waals surface area contributed by atoms with Gasteiger partial charge in [0.2, 0.25) is 0 Å². The quantitative estimate of drug-likeness (QED) is 0.629. The summed E-state index contributed by atoms with van der Waals surface area (Å²) in [6.45, 7) is 1.94. The summed E-state index contributed by atoms with van der Waals surface area (Å²) >= 11 is 0. The lowest BCUT2D eigenvalue weighted by atomic mass is 10.0. The van der Waals surface area contributed by atoms with E-state index < -0.39 is 0 Å². The fourth-order valence-electron chi connectivity index (χ4n) is 1.84. The van der Waals surface area contributed by atoms with Crippen LogP contribution in [0, 0.1) is 0 Å². The monoisotopic (exact) mass is 218 g/mol. The highest BCUT2D eigenvalue weighted by Crippen LogP contribution is 2.13. The summed E-state index contributed by atoms with van der Waals surface area (Å²) in [6.07, 6.45) is 17.9. The standard InChI is InChI=1S/C15H22O/c1-2-15(16)14-12-10-8-6-4-3-5-7-9-11-13-14/h4,6-7,9,12H,2-3,5,8,10-11,13H2,1H3. The second-order valence-corrected chi connectivity index (χ2v) is 4.14. The largest absolute Gasteiger partial charge is 0.295 e. The Morgan fingerprint density at radius 2 is 1.56 bits per heavy atom. The maximum absolute atomic E-state index is 11.7. The molecule has 1 heteroatoms. The smallest absolute Gasteiger partial charge is 0.158 e. The van der Waals surface area contributed by atoms with E-state index in [-0.39, 0.29) is 0 Å². The summed E-state index contributed by atoms with van der Waals surface area (Å²) in [6, 6.07) is 0. The minimum absolute atomic E-state index is 0.314. The molecule has 1 aliphatic rings. The van der Waals surface area contributed by atoms with Gasteiger partial charge in [-0.25, -0.2) is 0 Å². The summed E-state index contributed by atoms with van der Waals surface area (Å²) in [5.74, 6) is 0.314. The Kier molecular flexibility index (Phi) is 6.55. The van der Waals surface area contributed by atoms with Gasteiger partial charge < -0.3 is 0 Å². The van der Waals surface area contributed by atoms with Crippen molar-refractivity contribution < 1.29 is 4.79 Å². The third-order valence-corrected chi connectivity index (χ3v) is 2.82. The fourth-order valence-corrected chi connectivity index (χ4v) is 1.84. The van der Waals surface area contributed by atoms with Crippen molar-refractivity contribution in [2.45, 2.75) is 51.9 Å². The van der Waals surface area contributed by atoms with Gasteiger partial charge in [-0.3, -0.25) is 4.79 Å². The molecule has 0 fully saturated rings. The van der Waals surface area contributed by atoms with Gasteiger partial charge in [0.05, 0.1) is 0 Å². The van der Waals surface area contributed by atoms with Crippen LogP contribution in [-0.4, -0.2) is 5.78 Å². The molecule has 0 unspecified atom stereocenters. The first-order chi connectivity index (χ1) is 7.84. The van der Waals surface area contributed by atoms with Crippen LogP contribution < -0.4 is 0 Å². The topological polar surface area (TPSA) is 17.1 Å². The summed E-state index contributed by atoms with van der Waals surface area (Å²) in [5, 5.41) is 0. The molecule has 0 aromatic carbocycles. The highest BCUT2D eigenvalue weighted by molar-refractivity contribution is 5.95. The van der Waals surface area contributed by atoms with Gasteiger partial charge in [-0.1, -0.05) is 37.3 Å². The number of hydrogen-bond donors (Lipinski definition) is 0. The second kappa shape index (κ2) is 8.09. The van der Waals surface area contributed by atoms with Crippen LogP contribution in [0.1, 0.15) is 51.9 Å². The predicted octanol–water partition coefficient (Wildman–Crippen LogP) is 4.36. The molecule has 0 bridgehead atoms. The highest BCUT2D eigenvalue weighted by Gasteiger charge is 2.05. The molecule has 0 aromatic rings. The molecule has 0 amide bonds. The van der Waals surface area contributed by atoms with Gasteiger partial charge in [-0.15, -0.1) is 0 Å². The molecule has 0 saturated heterocycles. The number of carbonyl (C=O) groups excluding carboxylic acids is 1. The maximum Gasteiger partial charge on any atom is 0.158 e. The molecule has 0 N–H and O–H groups in total. The van der Waals surface area contributed by atoms with Crippen molar-refractivity contribution >= 4 is 5.78 Å². The molecule has 1 rings (SSSR count). The van der Waals surface area contributed by atoms with Gasteiger partial charge in [-0.2, -0.15) is 0 Å². The first kappa shape index (κ1) is 13.0. The zero-order valence-electron chi connectivity index (χ0n) is 10.2. The summed E-state index contributed by atoms with van der Waals surface area (Å²) in [7, 11) is 0. The number of allylic oxidation sites excluding steroid dienone is 6. The SMILES string of the molecule is CCC(=O)C1=CCCC=CCCC=CCC1. The number of rotatable bonds is 2. The highest BCUT2D eigenvalue weighted by atomic mass is 16.1. The van der Waals surface area contributed by atoms with E-state index in [0.29, 0.717) is 12.2 Å². The molecule has 1 aliphatic carbocycles. The van der Waals surface area contributed by atoms with E-state index in [1.807, 2.05) is 6.92 Å². The van der Waals surface area contributed by atoms with Crippen LogP contribution in [0.15, 0.2) is 36.0 Å². The van der Waals surface area contributed by atoms with Gasteiger partial charge >= 0.3 is 0 Å². The average Bonchev–Trinajstić information content (AvgIpc) is 2.29. The van der Waals surface area contributed by atoms with E-state index in [9.17, 15) is 4.79 Å². The summed E-state index contributed by atoms with van der Waals surface area (Å²) in [5.41, 5.74) is 1.03. The Balaban J connectivity index is 2.61. The maximum atomic E-state index is 11.7. The van der Waals surface area contributed by atoms with Crippen LogP contribution in [0.3, 0.4) is 0 Å². The zero-order valence-corrected chi connectivity index (χ0v) is 10.2. The van der Waals surface area contributed by atoms with E-state index in [1.54, 1.807) is 0 Å². The molecule has 0 heterocycles. The molecule has 88 valence electrons. The van der Waals surface area contributed by atoms with Crippen molar-refractivity contribution in [2.24, 2.45) is 0 Å². The Hall–Kier alpha value is -1.11. The number of ketones is 1. The normalized spacial score (nSPS) is 18.4. The van der Waals surface area contributed by atoms with Crippen LogP contribution in [0.4, 0.5) is 0 Å². The van der Waals surface area contributed by atoms with Crippen LogP contribution in [-0.2, 0) is 4.79 Å². The van der Waals surface area contributed by atoms with Gasteiger partial charge in [0.1, 0.15) is 0 Å². The van der Waals surface area contributed by atoms with Gasteiger partial charge in [0.25, 0.3) is 0 Å². The first-order valence-corrected chi connectivity index (χ1v) is 6.36. The lowest BCUT2D eigenvalue weighted by Gasteiger charge is -2.04. The van der Waals surface area contributed by atoms with Crippen molar-refractivity contribution in [2.75, 3.05) is 0 Å². The Bertz CT molecular complexity index is 295. The summed E-state index contributed by atoms with van der Waals surface area (Å²) < 4.78 is 0. The molecule has 0 aromatic heterocycles. The van der Waals surface area contributed by atoms with Gasteiger partial charge in [0, 0.05) is 6.42 Å². The van der Waals surface area contributed by atoms with E-state index in [2.05, 4.69) is 30.4 Å². The Morgan fingerprint density at radius 1 is 1.00 bits per heavy atom. The lowest BCUT2D eigenvalue weighted by Crippen LogP contribution is -2.00. The third-order valence-electron chi connectivity index (χ3n) is 2.82. The van der Waals surface area contributed by atoms with E-state index in [1.165, 1.54) is 0 Å². The average molecular weight is 218 g/mol. The molecule has 0 atom stereocenters. The molecule has 16 heavy (non-hydrogen) atoms. The number of Topliss-reactive ketones (excluding diaryl/α,β-unsaturated/α-hetero) is 1. The molecule has 0 saturated carbocycles. The van der Waals surface area contributed by atoms with Crippen molar-refractivity contribution in [3.05, 3.63) is 36.0 Å². The van der Waals surface area contributed by atoms with Crippen molar-refractivity contribution in [1.29, 1.82) is 0 Å². The van der Waals surface area contributed by atoms with Crippen molar-refractivity contribution in [3.63, 3.8) is 0 Å².